The number of nitrogens with one attached hydrogen (secondary N) is 1. The minimum Gasteiger partial charge on any atom is -0.399 e. The van der Waals surface area contributed by atoms with Crippen molar-refractivity contribution in [1.82, 2.24) is 10.3 Å². The van der Waals surface area contributed by atoms with Crippen LogP contribution in [-0.2, 0) is 4.79 Å². The molecule has 19 heavy (non-hydrogen) atoms. The summed E-state index contributed by atoms with van der Waals surface area (Å²) in [4.78, 5) is 28.7. The number of urea groups is 1. The monoisotopic (exact) mass is 256 g/mol. The van der Waals surface area contributed by atoms with Crippen molar-refractivity contribution < 1.29 is 9.59 Å². The highest BCUT2D eigenvalue weighted by Crippen LogP contribution is 2.30. The maximum absolute atomic E-state index is 11.9. The summed E-state index contributed by atoms with van der Waals surface area (Å²) in [5.41, 5.74) is 7.10. The average Bonchev–Trinajstić information content (AvgIpc) is 2.38. The van der Waals surface area contributed by atoms with Gasteiger partial charge in [0.2, 0.25) is 5.91 Å². The number of carbonyl (C=O) groups is 2. The maximum atomic E-state index is 11.9. The number of hydrogen-bond donors (Lipinski definition) is 2. The molecule has 0 radical (unpaired) electrons. The number of fused-ring (bicyclic) bond motifs is 1. The third kappa shape index (κ3) is 1.97. The molecule has 3 rings (SSSR count). The van der Waals surface area contributed by atoms with Gasteiger partial charge in [0.1, 0.15) is 0 Å². The molecule has 3 amide bonds. The minimum absolute atomic E-state index is 0.257. The van der Waals surface area contributed by atoms with Crippen LogP contribution in [0.1, 0.15) is 6.42 Å². The molecule has 96 valence electrons. The Kier molecular flexibility index (Phi) is 2.56. The van der Waals surface area contributed by atoms with E-state index in [2.05, 4.69) is 10.3 Å². The lowest BCUT2D eigenvalue weighted by molar-refractivity contribution is -0.120. The fraction of sp³-hybridized carbons (Fsp3) is 0.154. The van der Waals surface area contributed by atoms with Crippen molar-refractivity contribution in [3.05, 3.63) is 30.6 Å². The van der Waals surface area contributed by atoms with Crippen molar-refractivity contribution in [3.63, 3.8) is 0 Å². The second kappa shape index (κ2) is 4.24. The van der Waals surface area contributed by atoms with E-state index in [-0.39, 0.29) is 12.3 Å². The summed E-state index contributed by atoms with van der Waals surface area (Å²) in [7, 11) is 0. The number of amides is 3. The second-order valence-corrected chi connectivity index (χ2v) is 4.39. The fourth-order valence-corrected chi connectivity index (χ4v) is 2.22. The smallest absolute Gasteiger partial charge is 0.328 e. The molecule has 0 saturated carbocycles. The summed E-state index contributed by atoms with van der Waals surface area (Å²) < 4.78 is 0. The minimum atomic E-state index is -0.424. The van der Waals surface area contributed by atoms with E-state index in [1.807, 2.05) is 12.1 Å². The quantitative estimate of drug-likeness (QED) is 0.752. The molecule has 1 fully saturated rings. The molecule has 3 N–H and O–H groups in total. The Labute approximate surface area is 109 Å². The zero-order chi connectivity index (χ0) is 13.4. The fourth-order valence-electron chi connectivity index (χ4n) is 2.22. The SMILES string of the molecule is Nc1cc(N2CCC(=O)NC2=O)c2cnccc2c1. The molecule has 0 unspecified atom stereocenters. The Hall–Kier alpha value is -2.63. The number of pyridine rings is 1. The lowest BCUT2D eigenvalue weighted by Crippen LogP contribution is -2.49. The van der Waals surface area contributed by atoms with Gasteiger partial charge >= 0.3 is 6.03 Å². The molecule has 6 heteroatoms. The summed E-state index contributed by atoms with van der Waals surface area (Å²) in [6.45, 7) is 0.345. The second-order valence-electron chi connectivity index (χ2n) is 4.39. The Morgan fingerprint density at radius 2 is 2.16 bits per heavy atom. The van der Waals surface area contributed by atoms with E-state index in [0.29, 0.717) is 17.9 Å². The largest absolute Gasteiger partial charge is 0.399 e. The summed E-state index contributed by atoms with van der Waals surface area (Å²) in [5, 5.41) is 4.05. The lowest BCUT2D eigenvalue weighted by atomic mass is 10.1. The van der Waals surface area contributed by atoms with Gasteiger partial charge in [-0.1, -0.05) is 0 Å². The van der Waals surface area contributed by atoms with Gasteiger partial charge in [-0.05, 0) is 23.6 Å². The Balaban J connectivity index is 2.14. The van der Waals surface area contributed by atoms with E-state index in [0.717, 1.165) is 10.8 Å². The van der Waals surface area contributed by atoms with Crippen LogP contribution >= 0.6 is 0 Å². The van der Waals surface area contributed by atoms with Crippen molar-refractivity contribution in [2.45, 2.75) is 6.42 Å². The molecule has 1 aliphatic heterocycles. The van der Waals surface area contributed by atoms with E-state index in [1.165, 1.54) is 4.90 Å². The molecule has 2 aromatic rings. The van der Waals surface area contributed by atoms with Gasteiger partial charge in [-0.25, -0.2) is 4.79 Å². The molecule has 0 atom stereocenters. The van der Waals surface area contributed by atoms with Gasteiger partial charge in [-0.2, -0.15) is 0 Å². The van der Waals surface area contributed by atoms with E-state index < -0.39 is 6.03 Å². The number of nitrogens with two attached hydrogens (primary N) is 1. The highest BCUT2D eigenvalue weighted by molar-refractivity contribution is 6.10. The van der Waals surface area contributed by atoms with E-state index in [9.17, 15) is 9.59 Å². The van der Waals surface area contributed by atoms with Crippen molar-refractivity contribution in [2.75, 3.05) is 17.2 Å². The number of anilines is 2. The highest BCUT2D eigenvalue weighted by Gasteiger charge is 2.25. The molecule has 1 aromatic carbocycles. The van der Waals surface area contributed by atoms with Crippen LogP contribution in [0.2, 0.25) is 0 Å². The van der Waals surface area contributed by atoms with E-state index >= 15 is 0 Å². The van der Waals surface area contributed by atoms with Gasteiger partial charge in [0.25, 0.3) is 0 Å². The molecular weight excluding hydrogens is 244 g/mol. The number of aromatic nitrogens is 1. The van der Waals surface area contributed by atoms with Crippen molar-refractivity contribution >= 4 is 34.1 Å². The van der Waals surface area contributed by atoms with Crippen molar-refractivity contribution in [3.8, 4) is 0 Å². The number of carbonyl (C=O) groups excluding carboxylic acids is 2. The zero-order valence-electron chi connectivity index (χ0n) is 10.1. The molecule has 2 heterocycles. The first-order valence-corrected chi connectivity index (χ1v) is 5.90. The lowest BCUT2D eigenvalue weighted by Gasteiger charge is -2.27. The van der Waals surface area contributed by atoms with Crippen LogP contribution in [0.25, 0.3) is 10.8 Å². The third-order valence-electron chi connectivity index (χ3n) is 3.10. The van der Waals surface area contributed by atoms with Crippen LogP contribution in [0.3, 0.4) is 0 Å². The molecule has 0 spiro atoms. The predicted molar refractivity (Wildman–Crippen MR) is 71.7 cm³/mol. The van der Waals surface area contributed by atoms with Crippen LogP contribution in [0.15, 0.2) is 30.6 Å². The Bertz CT molecular complexity index is 683. The normalized spacial score (nSPS) is 15.7. The van der Waals surface area contributed by atoms with Crippen molar-refractivity contribution in [2.24, 2.45) is 0 Å². The summed E-state index contributed by atoms with van der Waals surface area (Å²) >= 11 is 0. The summed E-state index contributed by atoms with van der Waals surface area (Å²) in [6.07, 6.45) is 3.64. The van der Waals surface area contributed by atoms with E-state index in [4.69, 9.17) is 5.73 Å². The standard InChI is InChI=1S/C13H12N4O2/c14-9-5-8-1-3-15-7-10(8)11(6-9)17-4-2-12(18)16-13(17)19/h1,3,5-7H,2,4,14H2,(H,16,18,19). The zero-order valence-corrected chi connectivity index (χ0v) is 10.1. The molecular formula is C13H12N4O2. The molecule has 1 aromatic heterocycles. The topological polar surface area (TPSA) is 88.3 Å². The first-order chi connectivity index (χ1) is 9.15. The number of nitrogen functional groups attached to an aromatic ring is 1. The molecule has 0 aliphatic carbocycles. The Morgan fingerprint density at radius 1 is 1.32 bits per heavy atom. The number of benzene rings is 1. The summed E-state index contributed by atoms with van der Waals surface area (Å²) in [5.74, 6) is -0.257. The molecule has 0 bridgehead atoms. The van der Waals surface area contributed by atoms with Crippen LogP contribution < -0.4 is 16.0 Å². The maximum Gasteiger partial charge on any atom is 0.328 e. The number of nitrogens with zero attached hydrogens (tertiary/aromatic N) is 2. The highest BCUT2D eigenvalue weighted by atomic mass is 16.2. The van der Waals surface area contributed by atoms with Crippen LogP contribution in [0.4, 0.5) is 16.2 Å². The van der Waals surface area contributed by atoms with E-state index in [1.54, 1.807) is 18.5 Å². The molecule has 1 aliphatic rings. The molecule has 6 nitrogen and oxygen atoms in total. The van der Waals surface area contributed by atoms with Gasteiger partial charge in [-0.15, -0.1) is 0 Å². The predicted octanol–water partition coefficient (Wildman–Crippen LogP) is 1.26. The number of rotatable bonds is 1. The van der Waals surface area contributed by atoms with Gasteiger partial charge in [0.05, 0.1) is 5.69 Å². The third-order valence-corrected chi connectivity index (χ3v) is 3.10. The average molecular weight is 256 g/mol. The van der Waals surface area contributed by atoms with Crippen LogP contribution in [-0.4, -0.2) is 23.5 Å². The van der Waals surface area contributed by atoms with Crippen LogP contribution in [0.5, 0.6) is 0 Å². The van der Waals surface area contributed by atoms with Crippen molar-refractivity contribution in [1.29, 1.82) is 0 Å². The van der Waals surface area contributed by atoms with Crippen LogP contribution in [0, 0.1) is 0 Å². The number of imide groups is 1. The van der Waals surface area contributed by atoms with Gasteiger partial charge < -0.3 is 5.73 Å². The first kappa shape index (κ1) is 11.5. The molecule has 1 saturated heterocycles. The Morgan fingerprint density at radius 3 is 2.95 bits per heavy atom. The van der Waals surface area contributed by atoms with Gasteiger partial charge in [0.15, 0.2) is 0 Å². The van der Waals surface area contributed by atoms with Gasteiger partial charge in [0, 0.05) is 36.4 Å². The van der Waals surface area contributed by atoms with Gasteiger partial charge in [-0.3, -0.25) is 20.0 Å². The summed E-state index contributed by atoms with van der Waals surface area (Å²) in [6, 6.07) is 4.96. The first-order valence-electron chi connectivity index (χ1n) is 5.90. The number of hydrogen-bond acceptors (Lipinski definition) is 4.